The van der Waals surface area contributed by atoms with E-state index in [2.05, 4.69) is 5.32 Å². The van der Waals surface area contributed by atoms with E-state index in [9.17, 15) is 14.4 Å². The second-order valence-corrected chi connectivity index (χ2v) is 7.47. The fourth-order valence-electron chi connectivity index (χ4n) is 3.14. The van der Waals surface area contributed by atoms with Crippen LogP contribution < -0.4 is 24.4 Å². The molecule has 1 aliphatic heterocycles. The molecule has 1 N–H and O–H groups in total. The van der Waals surface area contributed by atoms with E-state index in [0.717, 1.165) is 4.90 Å². The van der Waals surface area contributed by atoms with Gasteiger partial charge in [0.15, 0.2) is 11.5 Å². The number of carbonyl (C=O) groups excluding carboxylic acids is 3. The first kappa shape index (κ1) is 23.1. The van der Waals surface area contributed by atoms with E-state index in [-0.39, 0.29) is 22.4 Å². The molecule has 1 heterocycles. The van der Waals surface area contributed by atoms with Gasteiger partial charge in [-0.1, -0.05) is 23.7 Å². The van der Waals surface area contributed by atoms with Crippen molar-refractivity contribution in [2.24, 2.45) is 0 Å². The predicted molar refractivity (Wildman–Crippen MR) is 120 cm³/mol. The Hall–Kier alpha value is -3.52. The molecule has 168 valence electrons. The number of benzene rings is 2. The summed E-state index contributed by atoms with van der Waals surface area (Å²) in [6.07, 6.45) is 1.20. The van der Waals surface area contributed by atoms with Crippen molar-refractivity contribution in [1.29, 1.82) is 0 Å². The summed E-state index contributed by atoms with van der Waals surface area (Å²) < 4.78 is 16.6. The molecule has 32 heavy (non-hydrogen) atoms. The summed E-state index contributed by atoms with van der Waals surface area (Å²) in [5, 5.41) is 2.45. The number of anilines is 1. The molecule has 1 saturated heterocycles. The van der Waals surface area contributed by atoms with Gasteiger partial charge >= 0.3 is 6.03 Å². The number of hydrogen-bond acceptors (Lipinski definition) is 6. The van der Waals surface area contributed by atoms with Crippen LogP contribution in [0.4, 0.5) is 10.5 Å². The molecular weight excluding hydrogens is 436 g/mol. The number of barbiturate groups is 1. The number of hydrogen-bond donors (Lipinski definition) is 1. The maximum Gasteiger partial charge on any atom is 0.336 e. The highest BCUT2D eigenvalue weighted by molar-refractivity contribution is 6.39. The van der Waals surface area contributed by atoms with Crippen molar-refractivity contribution in [3.05, 3.63) is 52.6 Å². The molecule has 8 nitrogen and oxygen atoms in total. The average Bonchev–Trinajstić information content (AvgIpc) is 2.73. The van der Waals surface area contributed by atoms with Gasteiger partial charge in [0.2, 0.25) is 0 Å². The van der Waals surface area contributed by atoms with Gasteiger partial charge in [0.1, 0.15) is 11.3 Å². The topological polar surface area (TPSA) is 94.2 Å². The number of para-hydroxylation sites is 2. The summed E-state index contributed by atoms with van der Waals surface area (Å²) in [6.45, 7) is 5.82. The second kappa shape index (κ2) is 9.74. The monoisotopic (exact) mass is 458 g/mol. The first-order chi connectivity index (χ1) is 15.3. The van der Waals surface area contributed by atoms with Crippen molar-refractivity contribution < 1.29 is 28.6 Å². The number of urea groups is 1. The quantitative estimate of drug-likeness (QED) is 0.493. The van der Waals surface area contributed by atoms with Gasteiger partial charge in [-0.25, -0.2) is 9.69 Å². The molecule has 0 bridgehead atoms. The molecule has 2 aromatic carbocycles. The first-order valence-corrected chi connectivity index (χ1v) is 10.3. The summed E-state index contributed by atoms with van der Waals surface area (Å²) in [5.74, 6) is -0.567. The zero-order valence-electron chi connectivity index (χ0n) is 18.1. The molecule has 0 aromatic heterocycles. The van der Waals surface area contributed by atoms with E-state index >= 15 is 0 Å². The molecular formula is C23H23ClN2O6. The highest BCUT2D eigenvalue weighted by atomic mass is 35.5. The lowest BCUT2D eigenvalue weighted by molar-refractivity contribution is -0.122. The highest BCUT2D eigenvalue weighted by Gasteiger charge is 2.38. The molecule has 4 amide bonds. The molecule has 0 atom stereocenters. The van der Waals surface area contributed by atoms with Crippen molar-refractivity contribution in [2.75, 3.05) is 18.6 Å². The predicted octanol–water partition coefficient (Wildman–Crippen LogP) is 4.20. The lowest BCUT2D eigenvalue weighted by Crippen LogP contribution is -2.54. The van der Waals surface area contributed by atoms with E-state index in [4.69, 9.17) is 25.8 Å². The van der Waals surface area contributed by atoms with E-state index < -0.39 is 17.8 Å². The summed E-state index contributed by atoms with van der Waals surface area (Å²) in [7, 11) is 1.46. The average molecular weight is 459 g/mol. The fourth-order valence-corrected chi connectivity index (χ4v) is 3.40. The van der Waals surface area contributed by atoms with Gasteiger partial charge in [0.05, 0.1) is 30.5 Å². The van der Waals surface area contributed by atoms with Crippen LogP contribution in [0.5, 0.6) is 17.2 Å². The zero-order valence-corrected chi connectivity index (χ0v) is 18.9. The van der Waals surface area contributed by atoms with Gasteiger partial charge in [-0.3, -0.25) is 14.9 Å². The minimum absolute atomic E-state index is 0.138. The Kier molecular flexibility index (Phi) is 7.05. The number of nitrogens with zero attached hydrogens (tertiary/aromatic N) is 1. The molecule has 1 fully saturated rings. The van der Waals surface area contributed by atoms with Crippen LogP contribution in [0.2, 0.25) is 5.02 Å². The third-order valence-corrected chi connectivity index (χ3v) is 4.70. The van der Waals surface area contributed by atoms with Crippen LogP contribution in [0.3, 0.4) is 0 Å². The molecule has 3 rings (SSSR count). The maximum atomic E-state index is 13.2. The molecule has 0 radical (unpaired) electrons. The SMILES string of the molecule is CCOc1ccccc1N1C(=O)NC(=O)/C(=C\c2cc(Cl)c(OC(C)C)c(OC)c2)C1=O. The molecule has 0 aliphatic carbocycles. The van der Waals surface area contributed by atoms with Crippen molar-refractivity contribution in [1.82, 2.24) is 5.32 Å². The van der Waals surface area contributed by atoms with Gasteiger partial charge in [-0.05, 0) is 56.7 Å². The smallest absolute Gasteiger partial charge is 0.336 e. The number of nitrogens with one attached hydrogen (secondary N) is 1. The molecule has 1 aliphatic rings. The van der Waals surface area contributed by atoms with Crippen LogP contribution in [0, 0.1) is 0 Å². The van der Waals surface area contributed by atoms with Crippen LogP contribution >= 0.6 is 11.6 Å². The summed E-state index contributed by atoms with van der Waals surface area (Å²) in [6, 6.07) is 8.86. The van der Waals surface area contributed by atoms with E-state index in [1.807, 2.05) is 13.8 Å². The van der Waals surface area contributed by atoms with E-state index in [1.54, 1.807) is 43.3 Å². The Morgan fingerprint density at radius 3 is 2.50 bits per heavy atom. The summed E-state index contributed by atoms with van der Waals surface area (Å²) in [4.78, 5) is 39.1. The number of methoxy groups -OCH3 is 1. The van der Waals surface area contributed by atoms with Crippen molar-refractivity contribution >= 4 is 41.2 Å². The van der Waals surface area contributed by atoms with Crippen LogP contribution in [0.1, 0.15) is 26.3 Å². The van der Waals surface area contributed by atoms with Gasteiger partial charge in [-0.15, -0.1) is 0 Å². The number of ether oxygens (including phenoxy) is 3. The minimum Gasteiger partial charge on any atom is -0.493 e. The minimum atomic E-state index is -0.861. The standard InChI is InChI=1S/C23H23ClN2O6/c1-5-31-18-9-7-6-8-17(18)26-22(28)15(21(27)25-23(26)29)10-14-11-16(24)20(32-13(2)3)19(12-14)30-4/h6-13H,5H2,1-4H3,(H,25,27,29)/b15-10+. The van der Waals surface area contributed by atoms with Gasteiger partial charge in [-0.2, -0.15) is 0 Å². The number of amides is 4. The maximum absolute atomic E-state index is 13.2. The largest absolute Gasteiger partial charge is 0.493 e. The second-order valence-electron chi connectivity index (χ2n) is 7.06. The summed E-state index contributed by atoms with van der Waals surface area (Å²) >= 11 is 6.35. The summed E-state index contributed by atoms with van der Waals surface area (Å²) in [5.41, 5.74) is 0.409. The Balaban J connectivity index is 2.04. The Morgan fingerprint density at radius 2 is 1.84 bits per heavy atom. The van der Waals surface area contributed by atoms with Crippen molar-refractivity contribution in [3.8, 4) is 17.2 Å². The van der Waals surface area contributed by atoms with Crippen LogP contribution in [0.25, 0.3) is 6.08 Å². The molecule has 9 heteroatoms. The number of imide groups is 2. The van der Waals surface area contributed by atoms with Crippen molar-refractivity contribution in [2.45, 2.75) is 26.9 Å². The van der Waals surface area contributed by atoms with Crippen LogP contribution in [-0.2, 0) is 9.59 Å². The highest BCUT2D eigenvalue weighted by Crippen LogP contribution is 2.38. The fraction of sp³-hybridized carbons (Fsp3) is 0.261. The third kappa shape index (κ3) is 4.70. The Bertz CT molecular complexity index is 1100. The van der Waals surface area contributed by atoms with Gasteiger partial charge < -0.3 is 14.2 Å². The van der Waals surface area contributed by atoms with Gasteiger partial charge in [0.25, 0.3) is 11.8 Å². The number of halogens is 1. The number of rotatable bonds is 7. The normalized spacial score (nSPS) is 15.2. The van der Waals surface area contributed by atoms with Gasteiger partial charge in [0, 0.05) is 0 Å². The lowest BCUT2D eigenvalue weighted by Gasteiger charge is -2.27. The molecule has 0 spiro atoms. The Morgan fingerprint density at radius 1 is 1.12 bits per heavy atom. The van der Waals surface area contributed by atoms with Crippen molar-refractivity contribution in [3.63, 3.8) is 0 Å². The number of carbonyl (C=O) groups is 3. The molecule has 0 saturated carbocycles. The Labute approximate surface area is 190 Å². The third-order valence-electron chi connectivity index (χ3n) is 4.42. The van der Waals surface area contributed by atoms with Crippen LogP contribution in [-0.4, -0.2) is 37.7 Å². The van der Waals surface area contributed by atoms with Crippen LogP contribution in [0.15, 0.2) is 42.0 Å². The van der Waals surface area contributed by atoms with E-state index in [0.29, 0.717) is 29.4 Å². The lowest BCUT2D eigenvalue weighted by atomic mass is 10.1. The first-order valence-electron chi connectivity index (χ1n) is 9.94. The zero-order chi connectivity index (χ0) is 23.4. The molecule has 0 unspecified atom stereocenters. The molecule has 2 aromatic rings. The van der Waals surface area contributed by atoms with E-state index in [1.165, 1.54) is 13.2 Å².